The van der Waals surface area contributed by atoms with E-state index in [9.17, 15) is 9.90 Å². The number of likely N-dealkylation sites (tertiary alicyclic amines) is 1. The largest absolute Gasteiger partial charge is 0.403 e. The van der Waals surface area contributed by atoms with Gasteiger partial charge in [-0.05, 0) is 30.6 Å². The number of carbonyl (C=O) groups is 1. The van der Waals surface area contributed by atoms with Crippen LogP contribution < -0.4 is 0 Å². The third-order valence-electron chi connectivity index (χ3n) is 5.25. The highest BCUT2D eigenvalue weighted by molar-refractivity contribution is 6.74. The van der Waals surface area contributed by atoms with Crippen molar-refractivity contribution in [2.45, 2.75) is 70.6 Å². The van der Waals surface area contributed by atoms with E-state index >= 15 is 0 Å². The SMILES string of the molecule is CC1[C@H](O)[C@@H](O[Si](C)(C)C(C)(C)C)C(=O)N1Cc1ccccc1. The Morgan fingerprint density at radius 2 is 1.78 bits per heavy atom. The third-order valence-corrected chi connectivity index (χ3v) is 9.70. The van der Waals surface area contributed by atoms with Gasteiger partial charge in [-0.1, -0.05) is 51.1 Å². The second-order valence-electron chi connectivity index (χ2n) is 7.98. The molecule has 1 saturated heterocycles. The second kappa shape index (κ2) is 6.38. The van der Waals surface area contributed by atoms with E-state index < -0.39 is 20.5 Å². The molecule has 0 spiro atoms. The molecule has 0 aromatic heterocycles. The maximum Gasteiger partial charge on any atom is 0.253 e. The maximum atomic E-state index is 12.8. The minimum atomic E-state index is -2.11. The van der Waals surface area contributed by atoms with Crippen LogP contribution in [0, 0.1) is 0 Å². The lowest BCUT2D eigenvalue weighted by molar-refractivity contribution is -0.135. The van der Waals surface area contributed by atoms with Crippen molar-refractivity contribution in [1.29, 1.82) is 0 Å². The van der Waals surface area contributed by atoms with Gasteiger partial charge in [0.25, 0.3) is 5.91 Å². The molecular formula is C18H29NO3Si. The average molecular weight is 336 g/mol. The van der Waals surface area contributed by atoms with Crippen molar-refractivity contribution in [2.24, 2.45) is 0 Å². The zero-order valence-corrected chi connectivity index (χ0v) is 16.0. The molecule has 1 aromatic carbocycles. The molecule has 128 valence electrons. The molecule has 4 nitrogen and oxygen atoms in total. The quantitative estimate of drug-likeness (QED) is 0.860. The zero-order chi connectivity index (χ0) is 17.4. The van der Waals surface area contributed by atoms with Gasteiger partial charge in [0, 0.05) is 6.54 Å². The molecule has 1 heterocycles. The fraction of sp³-hybridized carbons (Fsp3) is 0.611. The molecule has 0 saturated carbocycles. The molecule has 1 fully saturated rings. The van der Waals surface area contributed by atoms with Gasteiger partial charge in [0.15, 0.2) is 14.4 Å². The topological polar surface area (TPSA) is 49.8 Å². The van der Waals surface area contributed by atoms with Gasteiger partial charge in [0.05, 0.1) is 6.04 Å². The molecule has 1 N–H and O–H groups in total. The van der Waals surface area contributed by atoms with Crippen molar-refractivity contribution in [3.05, 3.63) is 35.9 Å². The van der Waals surface area contributed by atoms with Crippen molar-refractivity contribution >= 4 is 14.2 Å². The van der Waals surface area contributed by atoms with E-state index in [1.807, 2.05) is 37.3 Å². The molecule has 1 amide bonds. The lowest BCUT2D eigenvalue weighted by atomic mass is 10.1. The van der Waals surface area contributed by atoms with Crippen LogP contribution in [0.3, 0.4) is 0 Å². The van der Waals surface area contributed by atoms with Crippen molar-refractivity contribution in [3.63, 3.8) is 0 Å². The smallest absolute Gasteiger partial charge is 0.253 e. The number of hydrogen-bond donors (Lipinski definition) is 1. The molecule has 1 aliphatic rings. The van der Waals surface area contributed by atoms with Crippen LogP contribution in [0.25, 0.3) is 0 Å². The Labute approximate surface area is 140 Å². The summed E-state index contributed by atoms with van der Waals surface area (Å²) in [7, 11) is -2.11. The van der Waals surface area contributed by atoms with E-state index in [1.165, 1.54) is 0 Å². The Morgan fingerprint density at radius 3 is 2.30 bits per heavy atom. The van der Waals surface area contributed by atoms with Crippen molar-refractivity contribution in [1.82, 2.24) is 4.90 Å². The van der Waals surface area contributed by atoms with Gasteiger partial charge in [0.2, 0.25) is 0 Å². The minimum Gasteiger partial charge on any atom is -0.403 e. The highest BCUT2D eigenvalue weighted by Crippen LogP contribution is 2.39. The van der Waals surface area contributed by atoms with Gasteiger partial charge >= 0.3 is 0 Å². The number of amides is 1. The molecule has 5 heteroatoms. The van der Waals surface area contributed by atoms with Gasteiger partial charge < -0.3 is 14.4 Å². The number of aliphatic hydroxyl groups is 1. The summed E-state index contributed by atoms with van der Waals surface area (Å²) in [5.74, 6) is -0.0984. The summed E-state index contributed by atoms with van der Waals surface area (Å²) in [6.07, 6.45) is -1.52. The Bertz CT molecular complexity index is 553. The first-order valence-electron chi connectivity index (χ1n) is 8.25. The normalized spacial score (nSPS) is 26.0. The first-order valence-corrected chi connectivity index (χ1v) is 11.2. The molecule has 3 atom stereocenters. The Hall–Kier alpha value is -1.17. The number of aliphatic hydroxyl groups excluding tert-OH is 1. The summed E-state index contributed by atoms with van der Waals surface area (Å²) < 4.78 is 6.22. The lowest BCUT2D eigenvalue weighted by Gasteiger charge is -2.38. The summed E-state index contributed by atoms with van der Waals surface area (Å²) in [5, 5.41) is 10.5. The van der Waals surface area contributed by atoms with Crippen LogP contribution in [-0.2, 0) is 15.8 Å². The Morgan fingerprint density at radius 1 is 1.22 bits per heavy atom. The summed E-state index contributed by atoms with van der Waals surface area (Å²) in [5.41, 5.74) is 1.06. The van der Waals surface area contributed by atoms with E-state index in [0.29, 0.717) is 6.54 Å². The number of benzene rings is 1. The third kappa shape index (κ3) is 3.67. The summed E-state index contributed by atoms with van der Waals surface area (Å²) >= 11 is 0. The Kier molecular flexibility index (Phi) is 5.04. The standard InChI is InChI=1S/C18H29NO3Si/c1-13-15(20)16(22-23(5,6)18(2,3)4)17(21)19(13)12-14-10-8-7-9-11-14/h7-11,13,15-16,20H,12H2,1-6H3/t13?,15-,16+/m0/s1. The number of hydrogen-bond acceptors (Lipinski definition) is 3. The highest BCUT2D eigenvalue weighted by atomic mass is 28.4. The fourth-order valence-electron chi connectivity index (χ4n) is 2.56. The molecule has 2 rings (SSSR count). The highest BCUT2D eigenvalue weighted by Gasteiger charge is 2.50. The summed E-state index contributed by atoms with van der Waals surface area (Å²) in [6.45, 7) is 13.0. The summed E-state index contributed by atoms with van der Waals surface area (Å²) in [6, 6.07) is 9.62. The molecular weight excluding hydrogens is 306 g/mol. The Balaban J connectivity index is 2.16. The van der Waals surface area contributed by atoms with Gasteiger partial charge in [0.1, 0.15) is 6.10 Å². The zero-order valence-electron chi connectivity index (χ0n) is 15.0. The van der Waals surface area contributed by atoms with Crippen LogP contribution in [-0.4, -0.2) is 42.5 Å². The molecule has 1 aromatic rings. The van der Waals surface area contributed by atoms with Crippen LogP contribution in [0.15, 0.2) is 30.3 Å². The maximum absolute atomic E-state index is 12.8. The van der Waals surface area contributed by atoms with E-state index in [4.69, 9.17) is 4.43 Å². The van der Waals surface area contributed by atoms with Crippen LogP contribution in [0.1, 0.15) is 33.3 Å². The number of nitrogens with zero attached hydrogens (tertiary/aromatic N) is 1. The van der Waals surface area contributed by atoms with Gasteiger partial charge in [-0.25, -0.2) is 0 Å². The predicted molar refractivity (Wildman–Crippen MR) is 94.5 cm³/mol. The molecule has 0 aliphatic carbocycles. The van der Waals surface area contributed by atoms with Crippen LogP contribution >= 0.6 is 0 Å². The first kappa shape index (κ1) is 18.2. The van der Waals surface area contributed by atoms with E-state index in [1.54, 1.807) is 4.90 Å². The fourth-order valence-corrected chi connectivity index (χ4v) is 3.79. The molecule has 23 heavy (non-hydrogen) atoms. The summed E-state index contributed by atoms with van der Waals surface area (Å²) in [4.78, 5) is 14.5. The number of carbonyl (C=O) groups excluding carboxylic acids is 1. The molecule has 0 bridgehead atoms. The van der Waals surface area contributed by atoms with E-state index in [0.717, 1.165) is 5.56 Å². The molecule has 1 aliphatic heterocycles. The van der Waals surface area contributed by atoms with Crippen LogP contribution in [0.5, 0.6) is 0 Å². The van der Waals surface area contributed by atoms with Crippen molar-refractivity contribution in [3.8, 4) is 0 Å². The molecule has 0 radical (unpaired) electrons. The van der Waals surface area contributed by atoms with Crippen molar-refractivity contribution in [2.75, 3.05) is 0 Å². The minimum absolute atomic E-state index is 0.00306. The average Bonchev–Trinajstić information content (AvgIpc) is 2.65. The van der Waals surface area contributed by atoms with Gasteiger partial charge in [-0.3, -0.25) is 4.79 Å². The number of rotatable bonds is 4. The lowest BCUT2D eigenvalue weighted by Crippen LogP contribution is -2.48. The van der Waals surface area contributed by atoms with Crippen LogP contribution in [0.2, 0.25) is 18.1 Å². The van der Waals surface area contributed by atoms with Gasteiger partial charge in [-0.15, -0.1) is 0 Å². The van der Waals surface area contributed by atoms with Crippen molar-refractivity contribution < 1.29 is 14.3 Å². The van der Waals surface area contributed by atoms with Crippen LogP contribution in [0.4, 0.5) is 0 Å². The monoisotopic (exact) mass is 335 g/mol. The molecule has 1 unspecified atom stereocenters. The second-order valence-corrected chi connectivity index (χ2v) is 12.7. The van der Waals surface area contributed by atoms with E-state index in [-0.39, 0.29) is 17.0 Å². The predicted octanol–water partition coefficient (Wildman–Crippen LogP) is 3.17. The van der Waals surface area contributed by atoms with E-state index in [2.05, 4.69) is 33.9 Å². The van der Waals surface area contributed by atoms with Gasteiger partial charge in [-0.2, -0.15) is 0 Å². The first-order chi connectivity index (χ1) is 10.5.